The standard InChI is InChI=1S/C16H20N4.C5H10/c1-12(9-17)18-7-6-14-4-3-5-15(8-14)16-10-19-13(2)20-11-16;1-5-3-2-4-5/h3-5,8,10-11,18H,1,6-7,9,17H2,2H3;5H,2-4H2,1H3. The Labute approximate surface area is 151 Å². The first-order chi connectivity index (χ1) is 12.1. The number of rotatable bonds is 6. The maximum atomic E-state index is 5.49. The Kier molecular flexibility index (Phi) is 7.61. The van der Waals surface area contributed by atoms with E-state index < -0.39 is 0 Å². The van der Waals surface area contributed by atoms with Gasteiger partial charge in [0.05, 0.1) is 0 Å². The van der Waals surface area contributed by atoms with Crippen LogP contribution in [0.15, 0.2) is 48.9 Å². The topological polar surface area (TPSA) is 63.8 Å². The van der Waals surface area contributed by atoms with Crippen LogP contribution in [0.4, 0.5) is 0 Å². The molecule has 2 aromatic rings. The normalized spacial score (nSPS) is 13.4. The van der Waals surface area contributed by atoms with Crippen molar-refractivity contribution in [2.45, 2.75) is 39.5 Å². The van der Waals surface area contributed by atoms with Gasteiger partial charge < -0.3 is 11.1 Å². The van der Waals surface area contributed by atoms with Crippen LogP contribution in [0.1, 0.15) is 37.6 Å². The van der Waals surface area contributed by atoms with E-state index in [1.54, 1.807) is 0 Å². The lowest BCUT2D eigenvalue weighted by Gasteiger charge is -2.18. The van der Waals surface area contributed by atoms with Crippen molar-refractivity contribution in [3.63, 3.8) is 0 Å². The summed E-state index contributed by atoms with van der Waals surface area (Å²) in [5.74, 6) is 1.85. The average Bonchev–Trinajstić information content (AvgIpc) is 2.61. The van der Waals surface area contributed by atoms with E-state index in [9.17, 15) is 0 Å². The minimum atomic E-state index is 0.473. The maximum Gasteiger partial charge on any atom is 0.125 e. The lowest BCUT2D eigenvalue weighted by atomic mass is 9.88. The zero-order valence-corrected chi connectivity index (χ0v) is 15.5. The molecule has 134 valence electrons. The summed E-state index contributed by atoms with van der Waals surface area (Å²) in [6, 6.07) is 8.42. The van der Waals surface area contributed by atoms with Crippen molar-refractivity contribution in [1.29, 1.82) is 0 Å². The maximum absolute atomic E-state index is 5.49. The second kappa shape index (κ2) is 9.94. The summed E-state index contributed by atoms with van der Waals surface area (Å²) in [5, 5.41) is 3.20. The van der Waals surface area contributed by atoms with Gasteiger partial charge in [0.1, 0.15) is 5.82 Å². The van der Waals surface area contributed by atoms with Crippen LogP contribution in [0.3, 0.4) is 0 Å². The lowest BCUT2D eigenvalue weighted by Crippen LogP contribution is -2.21. The minimum absolute atomic E-state index is 0.473. The largest absolute Gasteiger partial charge is 0.387 e. The van der Waals surface area contributed by atoms with Crippen LogP contribution in [0.2, 0.25) is 0 Å². The Balaban J connectivity index is 0.000000386. The Morgan fingerprint density at radius 1 is 1.24 bits per heavy atom. The third-order valence-electron chi connectivity index (χ3n) is 4.47. The van der Waals surface area contributed by atoms with E-state index in [2.05, 4.69) is 53.1 Å². The van der Waals surface area contributed by atoms with E-state index in [1.165, 1.54) is 24.8 Å². The van der Waals surface area contributed by atoms with Crippen LogP contribution in [0, 0.1) is 12.8 Å². The second-order valence-electron chi connectivity index (χ2n) is 6.74. The number of aromatic nitrogens is 2. The van der Waals surface area contributed by atoms with E-state index >= 15 is 0 Å². The number of nitrogens with one attached hydrogen (secondary N) is 1. The predicted molar refractivity (Wildman–Crippen MR) is 105 cm³/mol. The van der Waals surface area contributed by atoms with Gasteiger partial charge in [-0.05, 0) is 30.4 Å². The third-order valence-corrected chi connectivity index (χ3v) is 4.47. The van der Waals surface area contributed by atoms with Crippen molar-refractivity contribution < 1.29 is 0 Å². The molecule has 0 atom stereocenters. The van der Waals surface area contributed by atoms with Crippen LogP contribution in [0.5, 0.6) is 0 Å². The van der Waals surface area contributed by atoms with Crippen LogP contribution < -0.4 is 11.1 Å². The van der Waals surface area contributed by atoms with Gasteiger partial charge in [-0.15, -0.1) is 0 Å². The van der Waals surface area contributed by atoms with Crippen molar-refractivity contribution in [2.24, 2.45) is 11.7 Å². The molecule has 0 radical (unpaired) electrons. The molecule has 1 aromatic carbocycles. The minimum Gasteiger partial charge on any atom is -0.387 e. The number of aryl methyl sites for hydroxylation is 1. The molecule has 4 nitrogen and oxygen atoms in total. The number of nitrogens with zero attached hydrogens (tertiary/aromatic N) is 2. The molecule has 25 heavy (non-hydrogen) atoms. The summed E-state index contributed by atoms with van der Waals surface area (Å²) < 4.78 is 0. The van der Waals surface area contributed by atoms with Crippen LogP contribution in [-0.4, -0.2) is 23.1 Å². The number of hydrogen-bond donors (Lipinski definition) is 2. The molecule has 0 aliphatic heterocycles. The SMILES string of the molecule is C=C(CN)NCCc1cccc(-c2cnc(C)nc2)c1.CC1CCC1. The van der Waals surface area contributed by atoms with E-state index in [0.29, 0.717) is 6.54 Å². The lowest BCUT2D eigenvalue weighted by molar-refractivity contribution is 0.346. The molecule has 1 aliphatic rings. The summed E-state index contributed by atoms with van der Waals surface area (Å²) >= 11 is 0. The zero-order valence-electron chi connectivity index (χ0n) is 15.5. The van der Waals surface area contributed by atoms with Crippen molar-refractivity contribution in [1.82, 2.24) is 15.3 Å². The first-order valence-electron chi connectivity index (χ1n) is 9.08. The van der Waals surface area contributed by atoms with Crippen LogP contribution >= 0.6 is 0 Å². The fourth-order valence-corrected chi connectivity index (χ4v) is 2.52. The number of nitrogens with two attached hydrogens (primary N) is 1. The molecule has 1 heterocycles. The summed E-state index contributed by atoms with van der Waals surface area (Å²) in [6.45, 7) is 9.33. The fraction of sp³-hybridized carbons (Fsp3) is 0.429. The molecule has 1 saturated carbocycles. The second-order valence-corrected chi connectivity index (χ2v) is 6.74. The van der Waals surface area contributed by atoms with Gasteiger partial charge in [0.2, 0.25) is 0 Å². The molecule has 0 amide bonds. The Hall–Kier alpha value is -2.20. The number of benzene rings is 1. The number of hydrogen-bond acceptors (Lipinski definition) is 4. The highest BCUT2D eigenvalue weighted by Gasteiger charge is 2.09. The van der Waals surface area contributed by atoms with Gasteiger partial charge in [0, 0.05) is 36.7 Å². The molecule has 4 heteroatoms. The summed E-state index contributed by atoms with van der Waals surface area (Å²) in [7, 11) is 0. The van der Waals surface area contributed by atoms with Gasteiger partial charge >= 0.3 is 0 Å². The van der Waals surface area contributed by atoms with E-state index in [-0.39, 0.29) is 0 Å². The van der Waals surface area contributed by atoms with Crippen LogP contribution in [-0.2, 0) is 6.42 Å². The van der Waals surface area contributed by atoms with Gasteiger partial charge in [-0.1, -0.05) is 57.0 Å². The van der Waals surface area contributed by atoms with E-state index in [0.717, 1.165) is 41.5 Å². The van der Waals surface area contributed by atoms with Crippen LogP contribution in [0.25, 0.3) is 11.1 Å². The van der Waals surface area contributed by atoms with Gasteiger partial charge in [-0.25, -0.2) is 9.97 Å². The molecule has 0 unspecified atom stereocenters. The summed E-state index contributed by atoms with van der Waals surface area (Å²) in [5.41, 5.74) is 9.80. The molecule has 1 aromatic heterocycles. The Bertz CT molecular complexity index is 660. The zero-order chi connectivity index (χ0) is 18.1. The van der Waals surface area contributed by atoms with Crippen molar-refractivity contribution in [3.05, 3.63) is 60.3 Å². The molecular weight excluding hydrogens is 308 g/mol. The molecule has 0 bridgehead atoms. The van der Waals surface area contributed by atoms with Crippen molar-refractivity contribution in [2.75, 3.05) is 13.1 Å². The molecular formula is C21H30N4. The van der Waals surface area contributed by atoms with E-state index in [1.807, 2.05) is 19.3 Å². The van der Waals surface area contributed by atoms with Gasteiger partial charge in [-0.3, -0.25) is 0 Å². The highest BCUT2D eigenvalue weighted by Crippen LogP contribution is 2.24. The first-order valence-corrected chi connectivity index (χ1v) is 9.08. The molecule has 3 rings (SSSR count). The highest BCUT2D eigenvalue weighted by atomic mass is 14.9. The summed E-state index contributed by atoms with van der Waals surface area (Å²) in [4.78, 5) is 8.47. The molecule has 0 saturated heterocycles. The van der Waals surface area contributed by atoms with E-state index in [4.69, 9.17) is 5.73 Å². The van der Waals surface area contributed by atoms with Crippen molar-refractivity contribution >= 4 is 0 Å². The van der Waals surface area contributed by atoms with Gasteiger partial charge in [0.25, 0.3) is 0 Å². The van der Waals surface area contributed by atoms with Crippen molar-refractivity contribution in [3.8, 4) is 11.1 Å². The van der Waals surface area contributed by atoms with Gasteiger partial charge in [0.15, 0.2) is 0 Å². The highest BCUT2D eigenvalue weighted by molar-refractivity contribution is 5.62. The molecule has 0 spiro atoms. The Morgan fingerprint density at radius 3 is 2.48 bits per heavy atom. The average molecular weight is 338 g/mol. The quantitative estimate of drug-likeness (QED) is 0.839. The van der Waals surface area contributed by atoms with Gasteiger partial charge in [-0.2, -0.15) is 0 Å². The molecule has 1 aliphatic carbocycles. The first kappa shape index (κ1) is 19.1. The smallest absolute Gasteiger partial charge is 0.125 e. The monoisotopic (exact) mass is 338 g/mol. The summed E-state index contributed by atoms with van der Waals surface area (Å²) in [6.07, 6.45) is 9.10. The molecule has 1 fully saturated rings. The Morgan fingerprint density at radius 2 is 1.92 bits per heavy atom. The molecule has 3 N–H and O–H groups in total. The predicted octanol–water partition coefficient (Wildman–Crippen LogP) is 3.86. The fourth-order valence-electron chi connectivity index (χ4n) is 2.52. The third kappa shape index (κ3) is 6.67.